The predicted molar refractivity (Wildman–Crippen MR) is 105 cm³/mol. The van der Waals surface area contributed by atoms with Crippen molar-refractivity contribution in [1.82, 2.24) is 15.1 Å². The van der Waals surface area contributed by atoms with Crippen LogP contribution < -0.4 is 0 Å². The lowest BCUT2D eigenvalue weighted by Crippen LogP contribution is -2.32. The molecule has 0 saturated carbocycles. The number of benzene rings is 2. The first-order valence-corrected chi connectivity index (χ1v) is 9.33. The second kappa shape index (κ2) is 7.17. The molecule has 6 nitrogen and oxygen atoms in total. The van der Waals surface area contributed by atoms with E-state index in [0.29, 0.717) is 30.1 Å². The van der Waals surface area contributed by atoms with E-state index in [4.69, 9.17) is 4.74 Å². The summed E-state index contributed by atoms with van der Waals surface area (Å²) in [4.78, 5) is 14.8. The molecule has 1 aromatic heterocycles. The van der Waals surface area contributed by atoms with Crippen LogP contribution in [0.5, 0.6) is 5.75 Å². The van der Waals surface area contributed by atoms with Gasteiger partial charge in [-0.25, -0.2) is 0 Å². The number of hydrogen-bond donors (Lipinski definition) is 2. The summed E-state index contributed by atoms with van der Waals surface area (Å²) < 4.78 is 6.13. The average molecular weight is 428 g/mol. The molecule has 4 rings (SSSR count). The molecule has 7 heteroatoms. The Kier molecular flexibility index (Phi) is 4.72. The molecule has 1 aliphatic rings. The molecule has 1 amide bonds. The number of para-hydroxylation sites is 1. The molecule has 138 valence electrons. The van der Waals surface area contributed by atoms with E-state index in [0.717, 1.165) is 15.6 Å². The molecule has 0 aliphatic carbocycles. The number of aromatic amines is 1. The monoisotopic (exact) mass is 427 g/mol. The number of nitrogens with zero attached hydrogens (tertiary/aromatic N) is 2. The number of ether oxygens (including phenoxy) is 1. The highest BCUT2D eigenvalue weighted by atomic mass is 79.9. The van der Waals surface area contributed by atoms with Crippen molar-refractivity contribution < 1.29 is 14.6 Å². The number of aromatic hydroxyl groups is 1. The number of aromatic nitrogens is 2. The van der Waals surface area contributed by atoms with E-state index in [1.807, 2.05) is 30.3 Å². The Hall–Kier alpha value is -2.64. The Morgan fingerprint density at radius 1 is 1.26 bits per heavy atom. The first-order valence-electron chi connectivity index (χ1n) is 8.53. The van der Waals surface area contributed by atoms with Crippen LogP contribution in [0.3, 0.4) is 0 Å². The first kappa shape index (κ1) is 17.8. The van der Waals surface area contributed by atoms with Gasteiger partial charge in [-0.3, -0.25) is 9.89 Å². The number of fused-ring (bicyclic) bond motifs is 1. The lowest BCUT2D eigenvalue weighted by Gasteiger charge is -2.26. The number of rotatable bonds is 5. The number of phenols is 1. The normalized spacial score (nSPS) is 16.0. The predicted octanol–water partition coefficient (Wildman–Crippen LogP) is 3.74. The van der Waals surface area contributed by atoms with Crippen molar-refractivity contribution in [1.29, 1.82) is 0 Å². The molecule has 0 unspecified atom stereocenters. The quantitative estimate of drug-likeness (QED) is 0.649. The maximum atomic E-state index is 13.0. The summed E-state index contributed by atoms with van der Waals surface area (Å²) in [5, 5.41) is 17.5. The number of carbonyl (C=O) groups excluding carboxylic acids is 1. The van der Waals surface area contributed by atoms with Crippen LogP contribution in [0.25, 0.3) is 11.3 Å². The van der Waals surface area contributed by atoms with E-state index in [1.54, 1.807) is 30.2 Å². The maximum absolute atomic E-state index is 13.0. The van der Waals surface area contributed by atoms with Gasteiger partial charge in [-0.05, 0) is 29.8 Å². The third-order valence-corrected chi connectivity index (χ3v) is 5.22. The number of hydrogen-bond acceptors (Lipinski definition) is 4. The van der Waals surface area contributed by atoms with Crippen molar-refractivity contribution in [3.63, 3.8) is 0 Å². The minimum Gasteiger partial charge on any atom is -0.507 e. The highest BCUT2D eigenvalue weighted by Crippen LogP contribution is 2.44. The van der Waals surface area contributed by atoms with E-state index in [9.17, 15) is 9.90 Å². The van der Waals surface area contributed by atoms with Gasteiger partial charge < -0.3 is 14.7 Å². The van der Waals surface area contributed by atoms with Crippen molar-refractivity contribution in [2.45, 2.75) is 6.04 Å². The Labute approximate surface area is 164 Å². The molecule has 0 saturated heterocycles. The highest BCUT2D eigenvalue weighted by Gasteiger charge is 2.42. The zero-order valence-corrected chi connectivity index (χ0v) is 16.2. The summed E-state index contributed by atoms with van der Waals surface area (Å²) in [6.45, 7) is 0.884. The molecule has 2 N–H and O–H groups in total. The molecule has 1 aliphatic heterocycles. The SMILES string of the molecule is COCCN1C(=O)c2[nH]nc(-c3ccccc3O)c2[C@H]1c1cccc(Br)c1. The molecule has 1 atom stereocenters. The fourth-order valence-electron chi connectivity index (χ4n) is 3.52. The summed E-state index contributed by atoms with van der Waals surface area (Å²) in [5.74, 6) is 0.00350. The zero-order chi connectivity index (χ0) is 19.0. The zero-order valence-electron chi connectivity index (χ0n) is 14.6. The number of carbonyl (C=O) groups is 1. The molecule has 0 radical (unpaired) electrons. The van der Waals surface area contributed by atoms with Crippen molar-refractivity contribution in [2.24, 2.45) is 0 Å². The number of halogens is 1. The van der Waals surface area contributed by atoms with Gasteiger partial charge in [0.2, 0.25) is 0 Å². The van der Waals surface area contributed by atoms with E-state index < -0.39 is 0 Å². The van der Waals surface area contributed by atoms with Crippen molar-refractivity contribution in [3.05, 3.63) is 69.8 Å². The molecule has 27 heavy (non-hydrogen) atoms. The van der Waals surface area contributed by atoms with Gasteiger partial charge in [0.1, 0.15) is 17.1 Å². The molecule has 0 bridgehead atoms. The van der Waals surface area contributed by atoms with E-state index in [2.05, 4.69) is 26.1 Å². The minimum atomic E-state index is -0.312. The van der Waals surface area contributed by atoms with Gasteiger partial charge in [-0.2, -0.15) is 5.10 Å². The van der Waals surface area contributed by atoms with Crippen LogP contribution in [-0.2, 0) is 4.74 Å². The fraction of sp³-hybridized carbons (Fsp3) is 0.200. The third kappa shape index (κ3) is 3.02. The summed E-state index contributed by atoms with van der Waals surface area (Å²) in [5.41, 5.74) is 3.37. The van der Waals surface area contributed by atoms with Gasteiger partial charge in [0, 0.05) is 29.3 Å². The number of methoxy groups -OCH3 is 1. The van der Waals surface area contributed by atoms with Gasteiger partial charge in [-0.15, -0.1) is 0 Å². The molecular weight excluding hydrogens is 410 g/mol. The summed E-state index contributed by atoms with van der Waals surface area (Å²) in [6.07, 6.45) is 0. The van der Waals surface area contributed by atoms with Crippen molar-refractivity contribution >= 4 is 21.8 Å². The summed E-state index contributed by atoms with van der Waals surface area (Å²) in [6, 6.07) is 14.6. The van der Waals surface area contributed by atoms with Crippen LogP contribution in [0.1, 0.15) is 27.7 Å². The number of phenolic OH excluding ortho intramolecular Hbond substituents is 1. The molecule has 3 aromatic rings. The molecule has 2 heterocycles. The maximum Gasteiger partial charge on any atom is 0.273 e. The van der Waals surface area contributed by atoms with Crippen LogP contribution >= 0.6 is 15.9 Å². The van der Waals surface area contributed by atoms with Crippen LogP contribution in [0.4, 0.5) is 0 Å². The van der Waals surface area contributed by atoms with E-state index in [1.165, 1.54) is 0 Å². The van der Waals surface area contributed by atoms with Gasteiger partial charge in [0.05, 0.1) is 12.6 Å². The van der Waals surface area contributed by atoms with E-state index >= 15 is 0 Å². The van der Waals surface area contributed by atoms with Gasteiger partial charge in [-0.1, -0.05) is 40.2 Å². The van der Waals surface area contributed by atoms with E-state index in [-0.39, 0.29) is 17.7 Å². The van der Waals surface area contributed by atoms with Gasteiger partial charge >= 0.3 is 0 Å². The number of nitrogens with one attached hydrogen (secondary N) is 1. The van der Waals surface area contributed by atoms with Crippen LogP contribution in [0.15, 0.2) is 53.0 Å². The largest absolute Gasteiger partial charge is 0.507 e. The van der Waals surface area contributed by atoms with Crippen LogP contribution in [0.2, 0.25) is 0 Å². The third-order valence-electron chi connectivity index (χ3n) is 4.72. The second-order valence-electron chi connectivity index (χ2n) is 6.33. The van der Waals surface area contributed by atoms with Gasteiger partial charge in [0.15, 0.2) is 0 Å². The Bertz CT molecular complexity index is 1000. The smallest absolute Gasteiger partial charge is 0.273 e. The van der Waals surface area contributed by atoms with Crippen LogP contribution in [0, 0.1) is 0 Å². The standard InChI is InChI=1S/C20H18BrN3O3/c1-27-10-9-24-19(12-5-4-6-13(21)11-12)16-17(22-23-18(16)20(24)26)14-7-2-3-8-15(14)25/h2-8,11,19,25H,9-10H2,1H3,(H,22,23)/t19-/m1/s1. The van der Waals surface area contributed by atoms with Crippen LogP contribution in [-0.4, -0.2) is 46.4 Å². The lowest BCUT2D eigenvalue weighted by molar-refractivity contribution is 0.0677. The average Bonchev–Trinajstić information content (AvgIpc) is 3.20. The highest BCUT2D eigenvalue weighted by molar-refractivity contribution is 9.10. The molecule has 0 fully saturated rings. The fourth-order valence-corrected chi connectivity index (χ4v) is 3.94. The number of amides is 1. The number of H-pyrrole nitrogens is 1. The lowest BCUT2D eigenvalue weighted by atomic mass is 9.96. The molecule has 0 spiro atoms. The Morgan fingerprint density at radius 2 is 2.07 bits per heavy atom. The van der Waals surface area contributed by atoms with Crippen molar-refractivity contribution in [2.75, 3.05) is 20.3 Å². The topological polar surface area (TPSA) is 78.5 Å². The molecular formula is C20H18BrN3O3. The minimum absolute atomic E-state index is 0.124. The van der Waals surface area contributed by atoms with Gasteiger partial charge in [0.25, 0.3) is 5.91 Å². The Morgan fingerprint density at radius 3 is 2.81 bits per heavy atom. The first-order chi connectivity index (χ1) is 13.1. The summed E-state index contributed by atoms with van der Waals surface area (Å²) in [7, 11) is 1.61. The van der Waals surface area contributed by atoms with Crippen molar-refractivity contribution in [3.8, 4) is 17.0 Å². The second-order valence-corrected chi connectivity index (χ2v) is 7.24. The Balaban J connectivity index is 1.89. The molecule has 2 aromatic carbocycles. The summed E-state index contributed by atoms with van der Waals surface area (Å²) >= 11 is 3.51.